The van der Waals surface area contributed by atoms with E-state index < -0.39 is 0 Å². The summed E-state index contributed by atoms with van der Waals surface area (Å²) in [7, 11) is 1.64. The first-order valence-electron chi connectivity index (χ1n) is 12.5. The molecule has 0 aliphatic carbocycles. The molecular weight excluding hydrogens is 434 g/mol. The number of anilines is 1. The van der Waals surface area contributed by atoms with Crippen LogP contribution in [0.25, 0.3) is 11.4 Å². The summed E-state index contributed by atoms with van der Waals surface area (Å²) >= 11 is 0. The first-order valence-corrected chi connectivity index (χ1v) is 12.5. The van der Waals surface area contributed by atoms with E-state index in [1.165, 1.54) is 12.8 Å². The van der Waals surface area contributed by atoms with Crippen LogP contribution in [0.15, 0.2) is 28.8 Å². The van der Waals surface area contributed by atoms with Gasteiger partial charge in [0.15, 0.2) is 0 Å². The number of ether oxygens (including phenoxy) is 2. The molecule has 3 aliphatic rings. The molecule has 3 fully saturated rings. The minimum atomic E-state index is 0.0494. The van der Waals surface area contributed by atoms with E-state index in [4.69, 9.17) is 14.0 Å². The van der Waals surface area contributed by atoms with Gasteiger partial charge >= 0.3 is 6.01 Å². The van der Waals surface area contributed by atoms with E-state index in [9.17, 15) is 4.79 Å². The van der Waals surface area contributed by atoms with Crippen molar-refractivity contribution < 1.29 is 18.8 Å². The fourth-order valence-corrected chi connectivity index (χ4v) is 5.26. The fourth-order valence-electron chi connectivity index (χ4n) is 5.26. The number of nitrogens with one attached hydrogen (secondary N) is 1. The number of benzene rings is 1. The van der Waals surface area contributed by atoms with Crippen molar-refractivity contribution in [3.05, 3.63) is 24.3 Å². The highest BCUT2D eigenvalue weighted by Gasteiger charge is 2.30. The fraction of sp³-hybridized carbons (Fsp3) is 0.640. The third-order valence-electron chi connectivity index (χ3n) is 7.38. The van der Waals surface area contributed by atoms with Crippen molar-refractivity contribution in [2.45, 2.75) is 25.7 Å². The first-order chi connectivity index (χ1) is 16.7. The van der Waals surface area contributed by atoms with E-state index in [2.05, 4.69) is 25.3 Å². The smallest absolute Gasteiger partial charge is 0.324 e. The normalized spacial score (nSPS) is 24.0. The Kier molecular flexibility index (Phi) is 7.30. The van der Waals surface area contributed by atoms with Gasteiger partial charge in [0.1, 0.15) is 5.75 Å². The molecule has 5 rings (SSSR count). The van der Waals surface area contributed by atoms with Gasteiger partial charge in [0, 0.05) is 50.8 Å². The van der Waals surface area contributed by atoms with Gasteiger partial charge < -0.3 is 29.1 Å². The van der Waals surface area contributed by atoms with Crippen LogP contribution in [0.3, 0.4) is 0 Å². The Morgan fingerprint density at radius 3 is 2.68 bits per heavy atom. The molecule has 1 aromatic heterocycles. The predicted molar refractivity (Wildman–Crippen MR) is 128 cm³/mol. The van der Waals surface area contributed by atoms with Crippen molar-refractivity contribution in [3.8, 4) is 17.1 Å². The number of nitrogens with zero attached hydrogens (tertiary/aromatic N) is 4. The van der Waals surface area contributed by atoms with Gasteiger partial charge in [-0.15, -0.1) is 0 Å². The summed E-state index contributed by atoms with van der Waals surface area (Å²) in [5.74, 6) is 2.83. The Balaban J connectivity index is 1.04. The lowest BCUT2D eigenvalue weighted by Gasteiger charge is -2.30. The molecule has 34 heavy (non-hydrogen) atoms. The van der Waals surface area contributed by atoms with Crippen molar-refractivity contribution in [1.82, 2.24) is 20.4 Å². The lowest BCUT2D eigenvalue weighted by atomic mass is 9.96. The number of hydrogen-bond donors (Lipinski definition) is 1. The van der Waals surface area contributed by atoms with E-state index in [1.54, 1.807) is 7.11 Å². The van der Waals surface area contributed by atoms with Gasteiger partial charge in [0.2, 0.25) is 11.7 Å². The Bertz CT molecular complexity index is 935. The molecule has 0 bridgehead atoms. The maximum atomic E-state index is 12.8. The molecule has 1 amide bonds. The van der Waals surface area contributed by atoms with Crippen LogP contribution in [0.5, 0.6) is 5.75 Å². The molecule has 4 heterocycles. The summed E-state index contributed by atoms with van der Waals surface area (Å²) in [6.07, 6.45) is 3.94. The molecule has 2 unspecified atom stereocenters. The van der Waals surface area contributed by atoms with Crippen LogP contribution in [0.4, 0.5) is 6.01 Å². The van der Waals surface area contributed by atoms with Gasteiger partial charge in [-0.25, -0.2) is 0 Å². The number of amides is 1. The number of piperidine rings is 1. The van der Waals surface area contributed by atoms with Crippen molar-refractivity contribution >= 4 is 11.9 Å². The van der Waals surface area contributed by atoms with E-state index in [0.717, 1.165) is 76.6 Å². The first kappa shape index (κ1) is 23.1. The van der Waals surface area contributed by atoms with Crippen LogP contribution in [0.1, 0.15) is 25.7 Å². The topological polar surface area (TPSA) is 93.0 Å². The molecule has 0 radical (unpaired) electrons. The van der Waals surface area contributed by atoms with Crippen LogP contribution in [0, 0.1) is 17.8 Å². The van der Waals surface area contributed by atoms with Gasteiger partial charge in [-0.1, -0.05) is 5.16 Å². The molecule has 9 heteroatoms. The molecule has 2 aromatic rings. The third-order valence-corrected chi connectivity index (χ3v) is 7.38. The monoisotopic (exact) mass is 469 g/mol. The Labute approximate surface area is 200 Å². The number of carbonyl (C=O) groups excluding carboxylic acids is 1. The van der Waals surface area contributed by atoms with Gasteiger partial charge in [-0.2, -0.15) is 4.98 Å². The van der Waals surface area contributed by atoms with E-state index in [1.807, 2.05) is 24.3 Å². The largest absolute Gasteiger partial charge is 0.497 e. The average molecular weight is 470 g/mol. The van der Waals surface area contributed by atoms with Crippen LogP contribution in [0.2, 0.25) is 0 Å². The lowest BCUT2D eigenvalue weighted by molar-refractivity contribution is -0.125. The highest BCUT2D eigenvalue weighted by Crippen LogP contribution is 2.26. The Morgan fingerprint density at radius 2 is 1.94 bits per heavy atom. The number of methoxy groups -OCH3 is 1. The molecule has 0 saturated carbocycles. The third kappa shape index (κ3) is 5.52. The lowest BCUT2D eigenvalue weighted by Crippen LogP contribution is -2.42. The minimum Gasteiger partial charge on any atom is -0.497 e. The summed E-state index contributed by atoms with van der Waals surface area (Å²) < 4.78 is 16.2. The zero-order valence-corrected chi connectivity index (χ0v) is 19.9. The molecular formula is C25H35N5O4. The van der Waals surface area contributed by atoms with Gasteiger partial charge in [0.05, 0.1) is 13.7 Å². The number of rotatable bonds is 8. The second kappa shape index (κ2) is 10.7. The molecule has 3 aliphatic heterocycles. The maximum absolute atomic E-state index is 12.8. The van der Waals surface area contributed by atoms with Gasteiger partial charge in [0.25, 0.3) is 0 Å². The predicted octanol–water partition coefficient (Wildman–Crippen LogP) is 2.44. The van der Waals surface area contributed by atoms with Crippen LogP contribution in [-0.4, -0.2) is 80.5 Å². The van der Waals surface area contributed by atoms with Crippen LogP contribution < -0.4 is 15.0 Å². The second-order valence-corrected chi connectivity index (χ2v) is 9.78. The van der Waals surface area contributed by atoms with Crippen molar-refractivity contribution in [3.63, 3.8) is 0 Å². The highest BCUT2D eigenvalue weighted by molar-refractivity contribution is 5.79. The Morgan fingerprint density at radius 1 is 1.12 bits per heavy atom. The summed E-state index contributed by atoms with van der Waals surface area (Å²) in [6, 6.07) is 8.10. The number of likely N-dealkylation sites (tertiary alicyclic amines) is 1. The minimum absolute atomic E-state index is 0.0494. The molecule has 184 valence electrons. The molecule has 2 atom stereocenters. The zero-order chi connectivity index (χ0) is 23.3. The van der Waals surface area contributed by atoms with Crippen molar-refractivity contribution in [1.29, 1.82) is 0 Å². The summed E-state index contributed by atoms with van der Waals surface area (Å²) in [6.45, 7) is 7.44. The second-order valence-electron chi connectivity index (χ2n) is 9.78. The molecule has 3 saturated heterocycles. The van der Waals surface area contributed by atoms with E-state index in [-0.39, 0.29) is 11.8 Å². The van der Waals surface area contributed by atoms with E-state index >= 15 is 0 Å². The number of aromatic nitrogens is 2. The summed E-state index contributed by atoms with van der Waals surface area (Å²) in [4.78, 5) is 22.0. The molecule has 1 N–H and O–H groups in total. The maximum Gasteiger partial charge on any atom is 0.324 e. The number of carbonyl (C=O) groups is 1. The van der Waals surface area contributed by atoms with Gasteiger partial charge in [-0.05, 0) is 68.3 Å². The van der Waals surface area contributed by atoms with Crippen molar-refractivity contribution in [2.24, 2.45) is 17.8 Å². The SMILES string of the molecule is COc1ccc(-c2noc(N3CCC(C(=O)NCC4CCN(CC5CCOC5)C4)CC3)n2)cc1. The van der Waals surface area contributed by atoms with Crippen LogP contribution in [-0.2, 0) is 9.53 Å². The number of hydrogen-bond acceptors (Lipinski definition) is 8. The summed E-state index contributed by atoms with van der Waals surface area (Å²) in [5, 5.41) is 7.35. The molecule has 0 spiro atoms. The zero-order valence-electron chi connectivity index (χ0n) is 19.9. The van der Waals surface area contributed by atoms with Gasteiger partial charge in [-0.3, -0.25) is 4.79 Å². The quantitative estimate of drug-likeness (QED) is 0.630. The molecule has 1 aromatic carbocycles. The highest BCUT2D eigenvalue weighted by atomic mass is 16.5. The van der Waals surface area contributed by atoms with Crippen molar-refractivity contribution in [2.75, 3.05) is 64.5 Å². The molecule has 9 nitrogen and oxygen atoms in total. The van der Waals surface area contributed by atoms with E-state index in [0.29, 0.717) is 23.7 Å². The summed E-state index contributed by atoms with van der Waals surface area (Å²) in [5.41, 5.74) is 0.882. The standard InChI is InChI=1S/C25H35N5O4/c1-32-22-4-2-20(3-5-22)23-27-25(34-28-23)30-11-7-21(8-12-30)24(31)26-14-18-6-10-29(15-18)16-19-9-13-33-17-19/h2-5,18-19,21H,6-17H2,1H3,(H,26,31). The van der Waals surface area contributed by atoms with Crippen LogP contribution >= 0.6 is 0 Å². The average Bonchev–Trinajstić information content (AvgIpc) is 3.66. The Hall–Kier alpha value is -2.65.